The molecule has 0 fully saturated rings. The van der Waals surface area contributed by atoms with Gasteiger partial charge in [0.2, 0.25) is 0 Å². The second kappa shape index (κ2) is 17.0. The lowest BCUT2D eigenvalue weighted by Gasteiger charge is -2.31. The van der Waals surface area contributed by atoms with Gasteiger partial charge in [-0.1, -0.05) is 103 Å². The van der Waals surface area contributed by atoms with E-state index in [1.54, 1.807) is 6.21 Å². The summed E-state index contributed by atoms with van der Waals surface area (Å²) in [5.74, 6) is -0.285. The summed E-state index contributed by atoms with van der Waals surface area (Å²) in [5, 5.41) is 10.5. The van der Waals surface area contributed by atoms with Gasteiger partial charge >= 0.3 is 7.82 Å². The molecule has 7 heteroatoms. The summed E-state index contributed by atoms with van der Waals surface area (Å²) in [6.07, 6.45) is 24.3. The molecule has 0 aliphatic carbocycles. The van der Waals surface area contributed by atoms with Crippen LogP contribution < -0.4 is 0 Å². The molecule has 1 aliphatic rings. The van der Waals surface area contributed by atoms with Crippen LogP contribution in [0.1, 0.15) is 117 Å². The number of allylic oxidation sites excluding steroid dienone is 1. The van der Waals surface area contributed by atoms with Crippen molar-refractivity contribution in [3.05, 3.63) is 12.2 Å². The van der Waals surface area contributed by atoms with E-state index in [0.717, 1.165) is 12.8 Å². The van der Waals surface area contributed by atoms with Crippen LogP contribution in [-0.2, 0) is 9.09 Å². The Morgan fingerprint density at radius 1 is 0.906 bits per heavy atom. The fourth-order valence-corrected chi connectivity index (χ4v) is 4.78. The van der Waals surface area contributed by atoms with Gasteiger partial charge in [-0.25, -0.2) is 4.57 Å². The highest BCUT2D eigenvalue weighted by Gasteiger charge is 2.35. The summed E-state index contributed by atoms with van der Waals surface area (Å²) in [6.45, 7) is 4.04. The number of phosphoric ester groups is 1. The number of nitrogens with zero attached hydrogens (tertiary/aromatic N) is 1. The van der Waals surface area contributed by atoms with Crippen molar-refractivity contribution in [1.29, 1.82) is 0 Å². The van der Waals surface area contributed by atoms with Crippen molar-refractivity contribution in [1.82, 2.24) is 0 Å². The first-order chi connectivity index (χ1) is 15.3. The number of aliphatic hydroxyl groups excluding tert-OH is 1. The summed E-state index contributed by atoms with van der Waals surface area (Å²) >= 11 is 0. The Kier molecular flexibility index (Phi) is 15.7. The van der Waals surface area contributed by atoms with Crippen LogP contribution in [-0.4, -0.2) is 39.4 Å². The topological polar surface area (TPSA) is 99.4 Å². The predicted molar refractivity (Wildman–Crippen MR) is 133 cm³/mol. The Bertz CT molecular complexity index is 563. The van der Waals surface area contributed by atoms with Crippen molar-refractivity contribution in [3.8, 4) is 0 Å². The molecular weight excluding hydrogens is 425 g/mol. The Labute approximate surface area is 196 Å². The van der Waals surface area contributed by atoms with Crippen molar-refractivity contribution < 1.29 is 24.0 Å². The minimum absolute atomic E-state index is 0.127. The smallest absolute Gasteiger partial charge is 0.393 e. The van der Waals surface area contributed by atoms with E-state index >= 15 is 0 Å². The highest BCUT2D eigenvalue weighted by molar-refractivity contribution is 7.46. The average Bonchev–Trinajstić information content (AvgIpc) is 3.18. The summed E-state index contributed by atoms with van der Waals surface area (Å²) < 4.78 is 15.9. The Hall–Kier alpha value is -0.520. The van der Waals surface area contributed by atoms with E-state index in [-0.39, 0.29) is 12.5 Å². The van der Waals surface area contributed by atoms with Gasteiger partial charge in [0.15, 0.2) is 0 Å². The molecule has 0 spiro atoms. The van der Waals surface area contributed by atoms with Crippen LogP contribution >= 0.6 is 7.82 Å². The molecular formula is C25H48NO5P. The fraction of sp³-hybridized carbons (Fsp3) is 0.880. The second-order valence-corrected chi connectivity index (χ2v) is 10.9. The molecule has 3 atom stereocenters. The molecule has 0 saturated heterocycles. The van der Waals surface area contributed by atoms with Gasteiger partial charge in [0.05, 0.1) is 18.2 Å². The zero-order valence-corrected chi connectivity index (χ0v) is 21.4. The third-order valence-electron chi connectivity index (χ3n) is 6.59. The minimum Gasteiger partial charge on any atom is -0.393 e. The van der Waals surface area contributed by atoms with E-state index in [1.165, 1.54) is 77.0 Å². The highest BCUT2D eigenvalue weighted by atomic mass is 31.2. The Morgan fingerprint density at radius 2 is 1.41 bits per heavy atom. The van der Waals surface area contributed by atoms with Crippen LogP contribution in [0.3, 0.4) is 0 Å². The molecule has 0 aromatic carbocycles. The van der Waals surface area contributed by atoms with E-state index in [2.05, 4.69) is 11.9 Å². The van der Waals surface area contributed by atoms with Gasteiger partial charge in [-0.2, -0.15) is 0 Å². The standard InChI is InChI=1S/C25H48NO5P/c1-3-4-5-6-7-8-9-10-11-12-13-14-15-16-18-24(27)21-23(22-31-32(28,29)30)25(2)19-17-20-26-25/h17,19-20,23-24,27H,3-16,18,21-22H2,1-2H3,(H2,28,29,30). The lowest BCUT2D eigenvalue weighted by Crippen LogP contribution is -2.35. The number of rotatable bonds is 21. The third-order valence-corrected chi connectivity index (χ3v) is 7.08. The first kappa shape index (κ1) is 29.5. The summed E-state index contributed by atoms with van der Waals surface area (Å²) in [7, 11) is -4.54. The molecule has 32 heavy (non-hydrogen) atoms. The molecule has 188 valence electrons. The fourth-order valence-electron chi connectivity index (χ4n) is 4.41. The molecule has 1 aliphatic heterocycles. The molecule has 0 radical (unpaired) electrons. The van der Waals surface area contributed by atoms with Gasteiger partial charge < -0.3 is 14.9 Å². The van der Waals surface area contributed by atoms with Crippen molar-refractivity contribution in [3.63, 3.8) is 0 Å². The zero-order chi connectivity index (χ0) is 23.7. The molecule has 0 saturated carbocycles. The van der Waals surface area contributed by atoms with Crippen LogP contribution in [0.4, 0.5) is 0 Å². The maximum absolute atomic E-state index is 11.1. The first-order valence-corrected chi connectivity index (χ1v) is 14.4. The maximum atomic E-state index is 11.1. The summed E-state index contributed by atoms with van der Waals surface area (Å²) in [5.41, 5.74) is -0.592. The van der Waals surface area contributed by atoms with Crippen molar-refractivity contribution in [2.45, 2.75) is 128 Å². The number of unbranched alkanes of at least 4 members (excludes halogenated alkanes) is 13. The first-order valence-electron chi connectivity index (χ1n) is 12.9. The van der Waals surface area contributed by atoms with Crippen molar-refractivity contribution in [2.75, 3.05) is 6.61 Å². The Balaban J connectivity index is 2.08. The van der Waals surface area contributed by atoms with Gasteiger partial charge in [0.1, 0.15) is 0 Å². The third kappa shape index (κ3) is 14.6. The average molecular weight is 474 g/mol. The van der Waals surface area contributed by atoms with Crippen LogP contribution in [0.25, 0.3) is 0 Å². The van der Waals surface area contributed by atoms with Crippen molar-refractivity contribution in [2.24, 2.45) is 10.9 Å². The SMILES string of the molecule is CCCCCCCCCCCCCCCCC(O)CC(COP(=O)(O)O)C1(C)C=CC=N1. The Morgan fingerprint density at radius 3 is 1.84 bits per heavy atom. The van der Waals surface area contributed by atoms with Crippen LogP contribution in [0.15, 0.2) is 17.1 Å². The van der Waals surface area contributed by atoms with Gasteiger partial charge in [-0.3, -0.25) is 9.52 Å². The largest absolute Gasteiger partial charge is 0.469 e. The van der Waals surface area contributed by atoms with Gasteiger partial charge in [-0.15, -0.1) is 0 Å². The molecule has 0 bridgehead atoms. The van der Waals surface area contributed by atoms with E-state index in [0.29, 0.717) is 12.8 Å². The number of phosphoric acid groups is 1. The second-order valence-electron chi connectivity index (χ2n) is 9.62. The van der Waals surface area contributed by atoms with Crippen LogP contribution in [0.2, 0.25) is 0 Å². The molecule has 6 nitrogen and oxygen atoms in total. The normalized spacial score (nSPS) is 20.2. The van der Waals surface area contributed by atoms with Gasteiger partial charge in [0.25, 0.3) is 0 Å². The monoisotopic (exact) mass is 473 g/mol. The van der Waals surface area contributed by atoms with Crippen molar-refractivity contribution >= 4 is 14.0 Å². The van der Waals surface area contributed by atoms with Gasteiger partial charge in [0, 0.05) is 12.1 Å². The molecule has 3 unspecified atom stereocenters. The number of hydrogen-bond donors (Lipinski definition) is 3. The number of aliphatic imine (C=N–C) groups is 1. The van der Waals surface area contributed by atoms with E-state index in [4.69, 9.17) is 14.3 Å². The molecule has 1 rings (SSSR count). The minimum atomic E-state index is -4.54. The van der Waals surface area contributed by atoms with Gasteiger partial charge in [-0.05, 0) is 25.8 Å². The molecule has 0 aromatic heterocycles. The predicted octanol–water partition coefficient (Wildman–Crippen LogP) is 6.73. The quantitative estimate of drug-likeness (QED) is 0.127. The molecule has 0 aromatic rings. The number of aliphatic hydroxyl groups is 1. The molecule has 3 N–H and O–H groups in total. The zero-order valence-electron chi connectivity index (χ0n) is 20.5. The lowest BCUT2D eigenvalue weighted by molar-refractivity contribution is 0.0818. The highest BCUT2D eigenvalue weighted by Crippen LogP contribution is 2.40. The summed E-state index contributed by atoms with van der Waals surface area (Å²) in [6, 6.07) is 0. The van der Waals surface area contributed by atoms with Crippen LogP contribution in [0, 0.1) is 5.92 Å². The van der Waals surface area contributed by atoms with Crippen LogP contribution in [0.5, 0.6) is 0 Å². The van der Waals surface area contributed by atoms with E-state index < -0.39 is 19.5 Å². The van der Waals surface area contributed by atoms with E-state index in [9.17, 15) is 9.67 Å². The number of hydrogen-bond acceptors (Lipinski definition) is 4. The summed E-state index contributed by atoms with van der Waals surface area (Å²) in [4.78, 5) is 22.5. The maximum Gasteiger partial charge on any atom is 0.469 e. The molecule has 0 amide bonds. The lowest BCUT2D eigenvalue weighted by atomic mass is 9.82. The molecule has 1 heterocycles. The van der Waals surface area contributed by atoms with E-state index in [1.807, 2.05) is 19.1 Å².